The molecule has 0 radical (unpaired) electrons. The van der Waals surface area contributed by atoms with Gasteiger partial charge in [-0.1, -0.05) is 12.2 Å². The summed E-state index contributed by atoms with van der Waals surface area (Å²) in [6, 6.07) is 4.75. The number of thiocarbonyl (C=S) groups is 1. The van der Waals surface area contributed by atoms with Crippen molar-refractivity contribution in [2.45, 2.75) is 18.7 Å². The second-order valence-corrected chi connectivity index (χ2v) is 8.12. The van der Waals surface area contributed by atoms with E-state index in [0.29, 0.717) is 23.9 Å². The van der Waals surface area contributed by atoms with E-state index < -0.39 is 13.8 Å². The maximum Gasteiger partial charge on any atom is 0.269 e. The van der Waals surface area contributed by atoms with E-state index in [1.165, 1.54) is 12.1 Å². The van der Waals surface area contributed by atoms with Gasteiger partial charge in [-0.05, 0) is 26.0 Å². The fourth-order valence-corrected chi connectivity index (χ4v) is 5.09. The molecule has 1 rings (SSSR count). The molecule has 110 valence electrons. The lowest BCUT2D eigenvalue weighted by Crippen LogP contribution is -2.27. The van der Waals surface area contributed by atoms with E-state index in [1.807, 2.05) is 13.8 Å². The van der Waals surface area contributed by atoms with Crippen LogP contribution in [0.4, 0.5) is 5.69 Å². The predicted molar refractivity (Wildman–Crippen MR) is 83.4 cm³/mol. The van der Waals surface area contributed by atoms with E-state index in [-0.39, 0.29) is 14.9 Å². The third kappa shape index (κ3) is 4.15. The Morgan fingerprint density at radius 1 is 1.30 bits per heavy atom. The van der Waals surface area contributed by atoms with E-state index in [2.05, 4.69) is 0 Å². The van der Waals surface area contributed by atoms with Crippen LogP contribution in [0.1, 0.15) is 13.8 Å². The summed E-state index contributed by atoms with van der Waals surface area (Å²) in [7, 11) is -3.07. The molecule has 0 aliphatic rings. The molecule has 0 atom stereocenters. The number of nitro groups is 1. The van der Waals surface area contributed by atoms with Crippen LogP contribution >= 0.6 is 23.0 Å². The molecular formula is C11H14N2O4S3. The maximum atomic E-state index is 12.1. The van der Waals surface area contributed by atoms with Gasteiger partial charge in [-0.15, -0.1) is 0 Å². The van der Waals surface area contributed by atoms with Crippen molar-refractivity contribution < 1.29 is 13.3 Å². The number of nitrogens with zero attached hydrogens (tertiary/aromatic N) is 2. The first kappa shape index (κ1) is 16.9. The van der Waals surface area contributed by atoms with E-state index in [4.69, 9.17) is 12.2 Å². The third-order valence-corrected chi connectivity index (χ3v) is 6.54. The van der Waals surface area contributed by atoms with Gasteiger partial charge in [-0.2, -0.15) is 0 Å². The molecule has 0 saturated heterocycles. The van der Waals surface area contributed by atoms with Crippen LogP contribution in [0.25, 0.3) is 0 Å². The molecule has 0 saturated carbocycles. The average molecular weight is 334 g/mol. The van der Waals surface area contributed by atoms with Crippen molar-refractivity contribution in [2.24, 2.45) is 0 Å². The van der Waals surface area contributed by atoms with Gasteiger partial charge in [-0.3, -0.25) is 10.1 Å². The van der Waals surface area contributed by atoms with Crippen molar-refractivity contribution in [1.82, 2.24) is 4.90 Å². The van der Waals surface area contributed by atoms with Crippen LogP contribution in [0, 0.1) is 10.1 Å². The molecule has 6 nitrogen and oxygen atoms in total. The minimum atomic E-state index is -3.66. The van der Waals surface area contributed by atoms with Gasteiger partial charge in [0.05, 0.1) is 9.82 Å². The number of benzene rings is 1. The second-order valence-electron chi connectivity index (χ2n) is 3.73. The summed E-state index contributed by atoms with van der Waals surface area (Å²) in [5.41, 5.74) is -0.153. The third-order valence-electron chi connectivity index (χ3n) is 2.54. The van der Waals surface area contributed by atoms with E-state index in [9.17, 15) is 18.5 Å². The minimum absolute atomic E-state index is 0.00241. The molecule has 0 aliphatic carbocycles. The van der Waals surface area contributed by atoms with Crippen molar-refractivity contribution in [1.29, 1.82) is 0 Å². The van der Waals surface area contributed by atoms with Crippen LogP contribution in [0.2, 0.25) is 0 Å². The zero-order valence-corrected chi connectivity index (χ0v) is 13.4. The molecule has 0 unspecified atom stereocenters. The molecule has 0 amide bonds. The lowest BCUT2D eigenvalue weighted by Gasteiger charge is -2.20. The van der Waals surface area contributed by atoms with Crippen molar-refractivity contribution in [3.63, 3.8) is 0 Å². The van der Waals surface area contributed by atoms with Gasteiger partial charge >= 0.3 is 0 Å². The summed E-state index contributed by atoms with van der Waals surface area (Å²) in [5.74, 6) is 0. The van der Waals surface area contributed by atoms with Crippen LogP contribution in [0.15, 0.2) is 29.2 Å². The molecule has 0 fully saturated rings. The van der Waals surface area contributed by atoms with Gasteiger partial charge in [0.1, 0.15) is 0 Å². The summed E-state index contributed by atoms with van der Waals surface area (Å²) >= 11 is 5.09. The fourth-order valence-electron chi connectivity index (χ4n) is 1.41. The van der Waals surface area contributed by atoms with Crippen LogP contribution in [0.5, 0.6) is 0 Å². The highest BCUT2D eigenvalue weighted by Gasteiger charge is 2.21. The number of hydrogen-bond donors (Lipinski definition) is 0. The molecule has 0 N–H and O–H groups in total. The van der Waals surface area contributed by atoms with Gasteiger partial charge in [-0.25, -0.2) is 8.42 Å². The topological polar surface area (TPSA) is 80.5 Å². The van der Waals surface area contributed by atoms with Crippen molar-refractivity contribution in [3.05, 3.63) is 34.4 Å². The molecular weight excluding hydrogens is 320 g/mol. The zero-order valence-electron chi connectivity index (χ0n) is 11.0. The molecule has 0 heterocycles. The number of rotatable bonds is 5. The van der Waals surface area contributed by atoms with Crippen LogP contribution in [-0.4, -0.2) is 35.7 Å². The Morgan fingerprint density at radius 3 is 2.20 bits per heavy atom. The second kappa shape index (κ2) is 7.00. The molecule has 0 spiro atoms. The summed E-state index contributed by atoms with van der Waals surface area (Å²) < 4.78 is 24.5. The molecule has 9 heteroatoms. The average Bonchev–Trinajstić information content (AvgIpc) is 2.39. The Morgan fingerprint density at radius 2 is 1.80 bits per heavy atom. The molecule has 20 heavy (non-hydrogen) atoms. The van der Waals surface area contributed by atoms with Gasteiger partial charge in [0.2, 0.25) is 8.87 Å². The van der Waals surface area contributed by atoms with E-state index >= 15 is 0 Å². The smallest absolute Gasteiger partial charge is 0.269 e. The van der Waals surface area contributed by atoms with Gasteiger partial charge in [0, 0.05) is 36.0 Å². The van der Waals surface area contributed by atoms with Crippen molar-refractivity contribution in [2.75, 3.05) is 13.1 Å². The first-order valence-corrected chi connectivity index (χ1v) is 9.02. The first-order chi connectivity index (χ1) is 9.31. The quantitative estimate of drug-likeness (QED) is 0.354. The van der Waals surface area contributed by atoms with Crippen LogP contribution < -0.4 is 0 Å². The molecule has 0 aromatic heterocycles. The Labute approximate surface area is 126 Å². The lowest BCUT2D eigenvalue weighted by molar-refractivity contribution is -0.384. The summed E-state index contributed by atoms with van der Waals surface area (Å²) in [6.45, 7) is 5.01. The minimum Gasteiger partial charge on any atom is -0.357 e. The molecule has 1 aromatic rings. The largest absolute Gasteiger partial charge is 0.357 e. The van der Waals surface area contributed by atoms with Gasteiger partial charge in [0.15, 0.2) is 4.32 Å². The zero-order chi connectivity index (χ0) is 15.3. The number of nitro benzene ring substituents is 1. The van der Waals surface area contributed by atoms with E-state index in [0.717, 1.165) is 12.1 Å². The normalized spacial score (nSPS) is 11.1. The maximum absolute atomic E-state index is 12.1. The van der Waals surface area contributed by atoms with Crippen LogP contribution in [0.3, 0.4) is 0 Å². The van der Waals surface area contributed by atoms with Crippen molar-refractivity contribution in [3.8, 4) is 0 Å². The van der Waals surface area contributed by atoms with E-state index in [1.54, 1.807) is 4.90 Å². The predicted octanol–water partition coefficient (Wildman–Crippen LogP) is 2.64. The molecule has 0 bridgehead atoms. The van der Waals surface area contributed by atoms with Gasteiger partial charge in [0.25, 0.3) is 5.69 Å². The Bertz CT molecular complexity index is 595. The summed E-state index contributed by atoms with van der Waals surface area (Å²) in [6.07, 6.45) is 0. The fraction of sp³-hybridized carbons (Fsp3) is 0.364. The van der Waals surface area contributed by atoms with Crippen LogP contribution in [-0.2, 0) is 8.87 Å². The monoisotopic (exact) mass is 334 g/mol. The highest BCUT2D eigenvalue weighted by atomic mass is 33.1. The molecule has 1 aromatic carbocycles. The number of non-ortho nitro benzene ring substituents is 1. The highest BCUT2D eigenvalue weighted by Crippen LogP contribution is 2.27. The first-order valence-electron chi connectivity index (χ1n) is 5.79. The van der Waals surface area contributed by atoms with Crippen molar-refractivity contribution >= 4 is 41.9 Å². The standard InChI is InChI=1S/C11H14N2O4S3/c1-3-12(4-2)11(18)19-20(16,17)10-7-5-9(6-8-10)13(14)15/h5-8H,3-4H2,1-2H3. The van der Waals surface area contributed by atoms with Gasteiger partial charge < -0.3 is 4.90 Å². The SMILES string of the molecule is CCN(CC)C(=S)SS(=O)(=O)c1ccc([N+](=O)[O-])cc1. The Hall–Kier alpha value is -1.19. The Balaban J connectivity index is 2.94. The molecule has 0 aliphatic heterocycles. The Kier molecular flexibility index (Phi) is 5.90. The lowest BCUT2D eigenvalue weighted by atomic mass is 10.3. The highest BCUT2D eigenvalue weighted by molar-refractivity contribution is 8.79. The summed E-state index contributed by atoms with van der Waals surface area (Å²) in [5, 5.41) is 10.5. The summed E-state index contributed by atoms with van der Waals surface area (Å²) in [4.78, 5) is 11.7. The number of hydrogen-bond acceptors (Lipinski definition) is 6.